The van der Waals surface area contributed by atoms with E-state index in [4.69, 9.17) is 0 Å². The number of hydrogen-bond acceptors (Lipinski definition) is 4. The molecule has 0 aliphatic carbocycles. The van der Waals surface area contributed by atoms with E-state index < -0.39 is 10.0 Å². The minimum Gasteiger partial charge on any atom is -0.336 e. The average Bonchev–Trinajstić information content (AvgIpc) is 3.19. The van der Waals surface area contributed by atoms with E-state index in [1.807, 2.05) is 37.4 Å². The lowest BCUT2D eigenvalue weighted by Gasteiger charge is -2.30. The Morgan fingerprint density at radius 2 is 2.11 bits per heavy atom. The van der Waals surface area contributed by atoms with Crippen LogP contribution in [0.25, 0.3) is 0 Å². The molecular formula is C19H25N3O3S2. The predicted octanol–water partition coefficient (Wildman–Crippen LogP) is 3.09. The van der Waals surface area contributed by atoms with E-state index in [-0.39, 0.29) is 23.5 Å². The fourth-order valence-electron chi connectivity index (χ4n) is 2.94. The quantitative estimate of drug-likeness (QED) is 0.772. The maximum atomic E-state index is 12.6. The molecule has 1 aromatic carbocycles. The van der Waals surface area contributed by atoms with Crippen molar-refractivity contribution in [3.05, 3.63) is 51.7 Å². The first kappa shape index (κ1) is 19.9. The van der Waals surface area contributed by atoms with E-state index in [9.17, 15) is 13.2 Å². The fourth-order valence-corrected chi connectivity index (χ4v) is 4.73. The van der Waals surface area contributed by atoms with Crippen LogP contribution in [0.3, 0.4) is 0 Å². The minimum absolute atomic E-state index is 0.0981. The van der Waals surface area contributed by atoms with Gasteiger partial charge in [0.25, 0.3) is 0 Å². The van der Waals surface area contributed by atoms with Crippen LogP contribution < -0.4 is 10.0 Å². The standard InChI is InChI=1S/C19H25N3O3S2/c1-3-14(2)21-19(23)22-9-8-15-6-7-18(11-16(15)13-22)27(24,25)20-12-17-5-4-10-26-17/h4-7,10-11,14,20H,3,8-9,12-13H2,1-2H3,(H,21,23)/t14-/m1/s1. The number of urea groups is 1. The van der Waals surface area contributed by atoms with Gasteiger partial charge in [-0.05, 0) is 54.5 Å². The number of amides is 2. The Hall–Kier alpha value is -1.90. The number of carbonyl (C=O) groups is 1. The van der Waals surface area contributed by atoms with Crippen LogP contribution in [0.4, 0.5) is 4.79 Å². The average molecular weight is 408 g/mol. The van der Waals surface area contributed by atoms with E-state index in [2.05, 4.69) is 10.0 Å². The first-order chi connectivity index (χ1) is 12.9. The van der Waals surface area contributed by atoms with Crippen LogP contribution in [0.5, 0.6) is 0 Å². The molecule has 1 atom stereocenters. The Bertz CT molecular complexity index is 895. The van der Waals surface area contributed by atoms with Crippen molar-refractivity contribution in [3.8, 4) is 0 Å². The van der Waals surface area contributed by atoms with Crippen molar-refractivity contribution >= 4 is 27.4 Å². The van der Waals surface area contributed by atoms with Crippen LogP contribution in [0, 0.1) is 0 Å². The number of carbonyl (C=O) groups excluding carboxylic acids is 1. The smallest absolute Gasteiger partial charge is 0.317 e. The van der Waals surface area contributed by atoms with E-state index >= 15 is 0 Å². The molecule has 0 unspecified atom stereocenters. The molecule has 0 saturated carbocycles. The number of nitrogens with one attached hydrogen (secondary N) is 2. The molecule has 1 aliphatic rings. The van der Waals surface area contributed by atoms with Gasteiger partial charge in [0.05, 0.1) is 4.90 Å². The lowest BCUT2D eigenvalue weighted by molar-refractivity contribution is 0.188. The van der Waals surface area contributed by atoms with Gasteiger partial charge in [-0.25, -0.2) is 17.9 Å². The van der Waals surface area contributed by atoms with Gasteiger partial charge in [0.1, 0.15) is 0 Å². The van der Waals surface area contributed by atoms with E-state index in [1.54, 1.807) is 17.0 Å². The third-order valence-electron chi connectivity index (χ3n) is 4.79. The fraction of sp³-hybridized carbons (Fsp3) is 0.421. The maximum absolute atomic E-state index is 12.6. The summed E-state index contributed by atoms with van der Waals surface area (Å²) in [6.45, 7) is 5.33. The normalized spacial score (nSPS) is 15.3. The largest absolute Gasteiger partial charge is 0.336 e. The van der Waals surface area contributed by atoms with Crippen molar-refractivity contribution < 1.29 is 13.2 Å². The van der Waals surface area contributed by atoms with Gasteiger partial charge in [-0.15, -0.1) is 11.3 Å². The molecule has 0 bridgehead atoms. The monoisotopic (exact) mass is 407 g/mol. The summed E-state index contributed by atoms with van der Waals surface area (Å²) in [5, 5.41) is 4.89. The summed E-state index contributed by atoms with van der Waals surface area (Å²) < 4.78 is 27.9. The zero-order valence-corrected chi connectivity index (χ0v) is 17.2. The van der Waals surface area contributed by atoms with Crippen LogP contribution >= 0.6 is 11.3 Å². The summed E-state index contributed by atoms with van der Waals surface area (Å²) >= 11 is 1.51. The number of thiophene rings is 1. The summed E-state index contributed by atoms with van der Waals surface area (Å²) in [6, 6.07) is 9.00. The lowest BCUT2D eigenvalue weighted by Crippen LogP contribution is -2.45. The highest BCUT2D eigenvalue weighted by atomic mass is 32.2. The van der Waals surface area contributed by atoms with Crippen LogP contribution in [-0.2, 0) is 29.5 Å². The van der Waals surface area contributed by atoms with Crippen molar-refractivity contribution in [2.45, 2.75) is 50.7 Å². The molecule has 6 nitrogen and oxygen atoms in total. The molecule has 1 aliphatic heterocycles. The third kappa shape index (κ3) is 4.88. The summed E-state index contributed by atoms with van der Waals surface area (Å²) in [6.07, 6.45) is 1.60. The minimum atomic E-state index is -3.59. The summed E-state index contributed by atoms with van der Waals surface area (Å²) in [4.78, 5) is 15.3. The Morgan fingerprint density at radius 3 is 2.81 bits per heavy atom. The highest BCUT2D eigenvalue weighted by Crippen LogP contribution is 2.23. The first-order valence-electron chi connectivity index (χ1n) is 9.08. The molecule has 2 amide bonds. The highest BCUT2D eigenvalue weighted by Gasteiger charge is 2.23. The van der Waals surface area contributed by atoms with E-state index in [0.717, 1.165) is 28.8 Å². The first-order valence-corrected chi connectivity index (χ1v) is 11.4. The van der Waals surface area contributed by atoms with Crippen molar-refractivity contribution in [2.24, 2.45) is 0 Å². The van der Waals surface area contributed by atoms with Gasteiger partial charge >= 0.3 is 6.03 Å². The topological polar surface area (TPSA) is 78.5 Å². The molecule has 2 N–H and O–H groups in total. The zero-order valence-electron chi connectivity index (χ0n) is 15.6. The molecule has 2 heterocycles. The van der Waals surface area contributed by atoms with E-state index in [1.165, 1.54) is 11.3 Å². The molecule has 0 spiro atoms. The number of benzene rings is 1. The summed E-state index contributed by atoms with van der Waals surface area (Å²) in [5.74, 6) is 0. The molecule has 2 aromatic rings. The van der Waals surface area contributed by atoms with Gasteiger partial charge in [-0.3, -0.25) is 0 Å². The number of sulfonamides is 1. The third-order valence-corrected chi connectivity index (χ3v) is 7.06. The second kappa shape index (κ2) is 8.41. The van der Waals surface area contributed by atoms with Crippen LogP contribution in [0.15, 0.2) is 40.6 Å². The molecule has 0 saturated heterocycles. The molecular weight excluding hydrogens is 382 g/mol. The molecule has 27 heavy (non-hydrogen) atoms. The molecule has 146 valence electrons. The predicted molar refractivity (Wildman–Crippen MR) is 107 cm³/mol. The Labute approximate surface area is 164 Å². The summed E-state index contributed by atoms with van der Waals surface area (Å²) in [5.41, 5.74) is 1.99. The second-order valence-electron chi connectivity index (χ2n) is 6.76. The van der Waals surface area contributed by atoms with Crippen LogP contribution in [-0.4, -0.2) is 31.9 Å². The van der Waals surface area contributed by atoms with Gasteiger partial charge < -0.3 is 10.2 Å². The second-order valence-corrected chi connectivity index (χ2v) is 9.56. The molecule has 8 heteroatoms. The molecule has 3 rings (SSSR count). The van der Waals surface area contributed by atoms with Crippen LogP contribution in [0.2, 0.25) is 0 Å². The van der Waals surface area contributed by atoms with Crippen LogP contribution in [0.1, 0.15) is 36.3 Å². The Kier molecular flexibility index (Phi) is 6.18. The van der Waals surface area contributed by atoms with Gasteiger partial charge in [0.2, 0.25) is 10.0 Å². The molecule has 0 fully saturated rings. The Balaban J connectivity index is 1.72. The lowest BCUT2D eigenvalue weighted by atomic mass is 10.0. The number of rotatable bonds is 6. The summed E-state index contributed by atoms with van der Waals surface area (Å²) in [7, 11) is -3.59. The maximum Gasteiger partial charge on any atom is 0.317 e. The van der Waals surface area contributed by atoms with Crippen molar-refractivity contribution in [3.63, 3.8) is 0 Å². The van der Waals surface area contributed by atoms with E-state index in [0.29, 0.717) is 13.1 Å². The number of hydrogen-bond donors (Lipinski definition) is 2. The van der Waals surface area contributed by atoms with Crippen molar-refractivity contribution in [1.82, 2.24) is 14.9 Å². The van der Waals surface area contributed by atoms with Crippen molar-refractivity contribution in [1.29, 1.82) is 0 Å². The van der Waals surface area contributed by atoms with Crippen molar-refractivity contribution in [2.75, 3.05) is 6.54 Å². The Morgan fingerprint density at radius 1 is 1.30 bits per heavy atom. The van der Waals surface area contributed by atoms with Gasteiger partial charge in [-0.1, -0.05) is 19.1 Å². The van der Waals surface area contributed by atoms with Gasteiger partial charge in [0, 0.05) is 30.6 Å². The zero-order chi connectivity index (χ0) is 19.4. The SMILES string of the molecule is CC[C@@H](C)NC(=O)N1CCc2ccc(S(=O)(=O)NCc3cccs3)cc2C1. The number of fused-ring (bicyclic) bond motifs is 1. The highest BCUT2D eigenvalue weighted by molar-refractivity contribution is 7.89. The molecule has 1 aromatic heterocycles. The number of nitrogens with zero attached hydrogens (tertiary/aromatic N) is 1. The molecule has 0 radical (unpaired) electrons. The van der Waals surface area contributed by atoms with Gasteiger partial charge in [-0.2, -0.15) is 0 Å². The van der Waals surface area contributed by atoms with Gasteiger partial charge in [0.15, 0.2) is 0 Å².